The van der Waals surface area contributed by atoms with Gasteiger partial charge in [-0.05, 0) is 49.6 Å². The predicted molar refractivity (Wildman–Crippen MR) is 101 cm³/mol. The van der Waals surface area contributed by atoms with Crippen LogP contribution in [0.25, 0.3) is 16.9 Å². The van der Waals surface area contributed by atoms with Crippen molar-refractivity contribution < 1.29 is 4.74 Å². The molecule has 5 nitrogen and oxygen atoms in total. The lowest BCUT2D eigenvalue weighted by atomic mass is 9.93. The van der Waals surface area contributed by atoms with Gasteiger partial charge in [0.05, 0.1) is 16.9 Å². The summed E-state index contributed by atoms with van der Waals surface area (Å²) >= 11 is 6.42. The van der Waals surface area contributed by atoms with Crippen LogP contribution in [0.15, 0.2) is 42.7 Å². The Balaban J connectivity index is 1.79. The fourth-order valence-corrected chi connectivity index (χ4v) is 3.27. The average Bonchev–Trinajstić information content (AvgIpc) is 2.96. The molecule has 6 heteroatoms. The number of benzene rings is 1. The Morgan fingerprint density at radius 1 is 1.32 bits per heavy atom. The average molecular weight is 359 g/mol. The van der Waals surface area contributed by atoms with Crippen LogP contribution in [0.4, 0.5) is 0 Å². The van der Waals surface area contributed by atoms with E-state index in [2.05, 4.69) is 23.9 Å². The quantitative estimate of drug-likeness (QED) is 0.717. The van der Waals surface area contributed by atoms with Crippen LogP contribution in [0.2, 0.25) is 5.02 Å². The molecule has 0 saturated heterocycles. The molecule has 0 bridgehead atoms. The third kappa shape index (κ3) is 4.11. The minimum Gasteiger partial charge on any atom is -0.490 e. The Morgan fingerprint density at radius 2 is 2.12 bits per heavy atom. The van der Waals surface area contributed by atoms with Gasteiger partial charge in [-0.15, -0.1) is 0 Å². The van der Waals surface area contributed by atoms with Crippen LogP contribution < -0.4 is 10.5 Å². The number of fused-ring (bicyclic) bond motifs is 1. The van der Waals surface area contributed by atoms with E-state index in [1.807, 2.05) is 37.3 Å². The summed E-state index contributed by atoms with van der Waals surface area (Å²) in [5.41, 5.74) is 8.52. The van der Waals surface area contributed by atoms with E-state index in [0.717, 1.165) is 23.3 Å². The summed E-state index contributed by atoms with van der Waals surface area (Å²) < 4.78 is 7.65. The zero-order chi connectivity index (χ0) is 18.0. The molecule has 2 aromatic heterocycles. The summed E-state index contributed by atoms with van der Waals surface area (Å²) in [5, 5.41) is 4.87. The Morgan fingerprint density at radius 3 is 2.84 bits per heavy atom. The van der Waals surface area contributed by atoms with Crippen molar-refractivity contribution in [3.8, 4) is 17.0 Å². The van der Waals surface area contributed by atoms with Gasteiger partial charge in [-0.1, -0.05) is 25.4 Å². The standard InChI is InChI=1S/C19H23ClN4O/c1-13(2)10-19(3,21)12-25-17-7-6-14(9-15(17)20)16-11-22-18-5-4-8-23-24(16)18/h4-9,11,13H,10,12,21H2,1-3H3/t19-/m0/s1. The second-order valence-electron chi connectivity index (χ2n) is 7.12. The molecular formula is C19H23ClN4O. The molecule has 3 rings (SSSR count). The summed E-state index contributed by atoms with van der Waals surface area (Å²) in [7, 11) is 0. The Hall–Kier alpha value is -2.11. The van der Waals surface area contributed by atoms with Crippen molar-refractivity contribution in [2.24, 2.45) is 11.7 Å². The van der Waals surface area contributed by atoms with E-state index in [9.17, 15) is 0 Å². The van der Waals surface area contributed by atoms with E-state index >= 15 is 0 Å². The lowest BCUT2D eigenvalue weighted by Crippen LogP contribution is -2.43. The highest BCUT2D eigenvalue weighted by molar-refractivity contribution is 6.32. The van der Waals surface area contributed by atoms with Crippen molar-refractivity contribution in [3.05, 3.63) is 47.7 Å². The number of imidazole rings is 1. The number of hydrogen-bond donors (Lipinski definition) is 1. The number of rotatable bonds is 6. The minimum atomic E-state index is -0.387. The number of nitrogens with two attached hydrogens (primary N) is 1. The lowest BCUT2D eigenvalue weighted by Gasteiger charge is -2.26. The molecule has 3 aromatic rings. The molecule has 0 aliphatic rings. The number of halogens is 1. The van der Waals surface area contributed by atoms with Crippen LogP contribution >= 0.6 is 11.6 Å². The van der Waals surface area contributed by atoms with Crippen LogP contribution in [0.1, 0.15) is 27.2 Å². The number of nitrogens with zero attached hydrogens (tertiary/aromatic N) is 3. The first-order valence-corrected chi connectivity index (χ1v) is 8.74. The van der Waals surface area contributed by atoms with Gasteiger partial charge in [0.1, 0.15) is 12.4 Å². The second kappa shape index (κ2) is 7.02. The maximum Gasteiger partial charge on any atom is 0.154 e. The van der Waals surface area contributed by atoms with Crippen LogP contribution in [0.3, 0.4) is 0 Å². The first-order chi connectivity index (χ1) is 11.9. The van der Waals surface area contributed by atoms with Gasteiger partial charge in [0.2, 0.25) is 0 Å². The van der Waals surface area contributed by atoms with Crippen molar-refractivity contribution in [3.63, 3.8) is 0 Å². The molecule has 1 aromatic carbocycles. The maximum atomic E-state index is 6.42. The van der Waals surface area contributed by atoms with E-state index in [0.29, 0.717) is 23.3 Å². The highest BCUT2D eigenvalue weighted by Crippen LogP contribution is 2.31. The zero-order valence-corrected chi connectivity index (χ0v) is 15.5. The van der Waals surface area contributed by atoms with Gasteiger partial charge in [-0.2, -0.15) is 5.10 Å². The van der Waals surface area contributed by atoms with Crippen LogP contribution in [0.5, 0.6) is 5.75 Å². The third-order valence-corrected chi connectivity index (χ3v) is 4.23. The molecular weight excluding hydrogens is 336 g/mol. The molecule has 0 aliphatic heterocycles. The molecule has 0 amide bonds. The summed E-state index contributed by atoms with van der Waals surface area (Å²) in [4.78, 5) is 4.35. The van der Waals surface area contributed by atoms with Crippen molar-refractivity contribution in [1.29, 1.82) is 0 Å². The molecule has 0 saturated carbocycles. The van der Waals surface area contributed by atoms with E-state index in [4.69, 9.17) is 22.1 Å². The summed E-state index contributed by atoms with van der Waals surface area (Å²) in [6.07, 6.45) is 4.40. The first-order valence-electron chi connectivity index (χ1n) is 8.36. The second-order valence-corrected chi connectivity index (χ2v) is 7.53. The molecule has 1 atom stereocenters. The van der Waals surface area contributed by atoms with Gasteiger partial charge < -0.3 is 10.5 Å². The fraction of sp³-hybridized carbons (Fsp3) is 0.368. The monoisotopic (exact) mass is 358 g/mol. The number of ether oxygens (including phenoxy) is 1. The molecule has 25 heavy (non-hydrogen) atoms. The predicted octanol–water partition coefficient (Wildman–Crippen LogP) is 4.19. The Bertz CT molecular complexity index is 873. The van der Waals surface area contributed by atoms with Crippen LogP contribution in [0, 0.1) is 5.92 Å². The number of aromatic nitrogens is 3. The van der Waals surface area contributed by atoms with Gasteiger partial charge in [0.15, 0.2) is 5.65 Å². The molecule has 132 valence electrons. The minimum absolute atomic E-state index is 0.387. The molecule has 0 radical (unpaired) electrons. The Kier molecular flexibility index (Phi) is 4.97. The molecule has 0 fully saturated rings. The molecule has 0 spiro atoms. The first kappa shape index (κ1) is 17.7. The largest absolute Gasteiger partial charge is 0.490 e. The third-order valence-electron chi connectivity index (χ3n) is 3.94. The lowest BCUT2D eigenvalue weighted by molar-refractivity contribution is 0.207. The van der Waals surface area contributed by atoms with Crippen molar-refractivity contribution in [2.45, 2.75) is 32.7 Å². The summed E-state index contributed by atoms with van der Waals surface area (Å²) in [6.45, 7) is 6.72. The van der Waals surface area contributed by atoms with E-state index in [-0.39, 0.29) is 5.54 Å². The van der Waals surface area contributed by atoms with Crippen molar-refractivity contribution >= 4 is 17.2 Å². The normalized spacial score (nSPS) is 14.0. The van der Waals surface area contributed by atoms with Gasteiger partial charge in [0.25, 0.3) is 0 Å². The molecule has 0 aliphatic carbocycles. The highest BCUT2D eigenvalue weighted by Gasteiger charge is 2.21. The maximum absolute atomic E-state index is 6.42. The molecule has 2 N–H and O–H groups in total. The topological polar surface area (TPSA) is 65.4 Å². The molecule has 0 unspecified atom stereocenters. The smallest absolute Gasteiger partial charge is 0.154 e. The zero-order valence-electron chi connectivity index (χ0n) is 14.7. The van der Waals surface area contributed by atoms with E-state index in [1.54, 1.807) is 16.9 Å². The van der Waals surface area contributed by atoms with Crippen molar-refractivity contribution in [2.75, 3.05) is 6.61 Å². The molecule has 2 heterocycles. The van der Waals surface area contributed by atoms with Gasteiger partial charge in [-0.3, -0.25) is 0 Å². The van der Waals surface area contributed by atoms with Crippen LogP contribution in [-0.2, 0) is 0 Å². The van der Waals surface area contributed by atoms with Crippen molar-refractivity contribution in [1.82, 2.24) is 14.6 Å². The number of hydrogen-bond acceptors (Lipinski definition) is 4. The van der Waals surface area contributed by atoms with E-state index < -0.39 is 0 Å². The van der Waals surface area contributed by atoms with Gasteiger partial charge in [0, 0.05) is 17.3 Å². The summed E-state index contributed by atoms with van der Waals surface area (Å²) in [6, 6.07) is 9.45. The Labute approximate surface area is 152 Å². The fourth-order valence-electron chi connectivity index (χ4n) is 3.04. The van der Waals surface area contributed by atoms with Gasteiger partial charge >= 0.3 is 0 Å². The highest BCUT2D eigenvalue weighted by atomic mass is 35.5. The van der Waals surface area contributed by atoms with E-state index in [1.165, 1.54) is 0 Å². The van der Waals surface area contributed by atoms with Gasteiger partial charge in [-0.25, -0.2) is 9.50 Å². The van der Waals surface area contributed by atoms with Crippen LogP contribution in [-0.4, -0.2) is 26.7 Å². The SMILES string of the molecule is CC(C)C[C@](C)(N)COc1ccc(-c2cnc3cccnn23)cc1Cl. The summed E-state index contributed by atoms with van der Waals surface area (Å²) in [5.74, 6) is 1.15.